The first-order chi connectivity index (χ1) is 11.7. The number of methoxy groups -OCH3 is 1. The summed E-state index contributed by atoms with van der Waals surface area (Å²) in [7, 11) is 0.130. The first-order valence-corrected chi connectivity index (χ1v) is 7.83. The molecule has 0 aliphatic carbocycles. The molecular weight excluding hydrogens is 329 g/mol. The lowest BCUT2D eigenvalue weighted by Gasteiger charge is -2.23. The second-order valence-corrected chi connectivity index (χ2v) is 6.53. The molecule has 0 saturated carbocycles. The SMILES string of the molecule is COC(=O)[C@H](COc1cccc2c1B(O)OC2)NC(=O)OC(C)(C)C. The Bertz CT molecular complexity index is 644. The summed E-state index contributed by atoms with van der Waals surface area (Å²) < 4.78 is 20.6. The standard InChI is InChI=1S/C16H22BNO7/c1-16(2,3)25-15(20)18-11(14(19)22-4)9-23-12-7-5-6-10-8-24-17(21)13(10)12/h5-7,11,21H,8-9H2,1-4H3,(H,18,20)/t11-/m0/s1. The van der Waals surface area contributed by atoms with Crippen molar-refractivity contribution < 1.29 is 33.5 Å². The number of benzene rings is 1. The van der Waals surface area contributed by atoms with E-state index in [9.17, 15) is 14.6 Å². The maximum absolute atomic E-state index is 11.9. The lowest BCUT2D eigenvalue weighted by Crippen LogP contribution is -2.47. The molecule has 1 aromatic carbocycles. The Hall–Kier alpha value is -2.26. The van der Waals surface area contributed by atoms with Crippen LogP contribution in [0.15, 0.2) is 18.2 Å². The number of fused-ring (bicyclic) bond motifs is 1. The van der Waals surface area contributed by atoms with Gasteiger partial charge in [0.15, 0.2) is 6.04 Å². The van der Waals surface area contributed by atoms with Gasteiger partial charge in [-0.05, 0) is 32.4 Å². The molecule has 9 heteroatoms. The number of rotatable bonds is 5. The quantitative estimate of drug-likeness (QED) is 0.583. The highest BCUT2D eigenvalue weighted by atomic mass is 16.6. The fourth-order valence-corrected chi connectivity index (χ4v) is 2.31. The van der Waals surface area contributed by atoms with Crippen LogP contribution in [0.3, 0.4) is 0 Å². The molecule has 1 amide bonds. The largest absolute Gasteiger partial charge is 0.495 e. The van der Waals surface area contributed by atoms with Crippen molar-refractivity contribution in [3.05, 3.63) is 23.8 Å². The minimum Gasteiger partial charge on any atom is -0.491 e. The summed E-state index contributed by atoms with van der Waals surface area (Å²) in [6, 6.07) is 4.16. The molecule has 2 rings (SSSR count). The average molecular weight is 351 g/mol. The number of carbonyl (C=O) groups excluding carboxylic acids is 2. The molecular formula is C16H22BNO7. The normalized spacial score (nSPS) is 14.5. The zero-order chi connectivity index (χ0) is 18.6. The molecule has 0 spiro atoms. The molecule has 1 atom stereocenters. The summed E-state index contributed by atoms with van der Waals surface area (Å²) in [6.07, 6.45) is -0.756. The fraction of sp³-hybridized carbons (Fsp3) is 0.500. The highest BCUT2D eigenvalue weighted by molar-refractivity contribution is 6.62. The Balaban J connectivity index is 2.05. The van der Waals surface area contributed by atoms with E-state index in [0.717, 1.165) is 5.56 Å². The van der Waals surface area contributed by atoms with E-state index in [1.807, 2.05) is 6.07 Å². The van der Waals surface area contributed by atoms with Crippen molar-refractivity contribution in [1.82, 2.24) is 5.32 Å². The Morgan fingerprint density at radius 1 is 1.40 bits per heavy atom. The summed E-state index contributed by atoms with van der Waals surface area (Å²) >= 11 is 0. The maximum atomic E-state index is 11.9. The molecule has 0 radical (unpaired) electrons. The number of esters is 1. The summed E-state index contributed by atoms with van der Waals surface area (Å²) in [6.45, 7) is 5.24. The van der Waals surface area contributed by atoms with Crippen molar-refractivity contribution in [2.45, 2.75) is 39.0 Å². The zero-order valence-corrected chi connectivity index (χ0v) is 14.7. The summed E-state index contributed by atoms with van der Waals surface area (Å²) in [5.74, 6) is -0.294. The monoisotopic (exact) mass is 351 g/mol. The Labute approximate surface area is 146 Å². The van der Waals surface area contributed by atoms with Gasteiger partial charge in [0.25, 0.3) is 0 Å². The highest BCUT2D eigenvalue weighted by Gasteiger charge is 2.32. The van der Waals surface area contributed by atoms with E-state index >= 15 is 0 Å². The third-order valence-corrected chi connectivity index (χ3v) is 3.38. The fourth-order valence-electron chi connectivity index (χ4n) is 2.31. The minimum atomic E-state index is -1.08. The molecule has 2 N–H and O–H groups in total. The molecule has 1 heterocycles. The van der Waals surface area contributed by atoms with E-state index in [1.165, 1.54) is 7.11 Å². The molecule has 1 aliphatic heterocycles. The summed E-state index contributed by atoms with van der Waals surface area (Å²) in [5.41, 5.74) is 0.621. The van der Waals surface area contributed by atoms with Crippen LogP contribution < -0.4 is 15.5 Å². The molecule has 136 valence electrons. The molecule has 0 bridgehead atoms. The Morgan fingerprint density at radius 2 is 2.12 bits per heavy atom. The van der Waals surface area contributed by atoms with Gasteiger partial charge in [0.05, 0.1) is 13.7 Å². The van der Waals surface area contributed by atoms with Crippen molar-refractivity contribution >= 4 is 24.6 Å². The van der Waals surface area contributed by atoms with Crippen LogP contribution in [0.5, 0.6) is 5.75 Å². The van der Waals surface area contributed by atoms with Crippen LogP contribution in [-0.2, 0) is 25.5 Å². The van der Waals surface area contributed by atoms with Crippen LogP contribution in [0.4, 0.5) is 4.79 Å². The van der Waals surface area contributed by atoms with Gasteiger partial charge in [0.2, 0.25) is 0 Å². The summed E-state index contributed by atoms with van der Waals surface area (Å²) in [5, 5.41) is 12.3. The summed E-state index contributed by atoms with van der Waals surface area (Å²) in [4.78, 5) is 23.8. The molecule has 0 saturated heterocycles. The number of alkyl carbamates (subject to hydrolysis) is 1. The molecule has 0 unspecified atom stereocenters. The van der Waals surface area contributed by atoms with Crippen LogP contribution in [0, 0.1) is 0 Å². The van der Waals surface area contributed by atoms with Gasteiger partial charge >= 0.3 is 19.2 Å². The van der Waals surface area contributed by atoms with E-state index in [2.05, 4.69) is 10.1 Å². The van der Waals surface area contributed by atoms with Gasteiger partial charge in [0.1, 0.15) is 18.0 Å². The minimum absolute atomic E-state index is 0.185. The van der Waals surface area contributed by atoms with Crippen LogP contribution in [0.1, 0.15) is 26.3 Å². The van der Waals surface area contributed by atoms with E-state index < -0.39 is 30.8 Å². The van der Waals surface area contributed by atoms with E-state index in [-0.39, 0.29) is 13.2 Å². The molecule has 0 aromatic heterocycles. The van der Waals surface area contributed by atoms with E-state index in [0.29, 0.717) is 11.2 Å². The first-order valence-electron chi connectivity index (χ1n) is 7.83. The number of ether oxygens (including phenoxy) is 3. The van der Waals surface area contributed by atoms with Crippen molar-refractivity contribution in [2.75, 3.05) is 13.7 Å². The van der Waals surface area contributed by atoms with Gasteiger partial charge in [-0.15, -0.1) is 0 Å². The third-order valence-electron chi connectivity index (χ3n) is 3.38. The smallest absolute Gasteiger partial charge is 0.491 e. The lowest BCUT2D eigenvalue weighted by molar-refractivity contribution is -0.143. The Kier molecular flexibility index (Phi) is 5.91. The van der Waals surface area contributed by atoms with Gasteiger partial charge in [-0.3, -0.25) is 0 Å². The second-order valence-electron chi connectivity index (χ2n) is 6.53. The number of amides is 1. The van der Waals surface area contributed by atoms with Crippen molar-refractivity contribution in [1.29, 1.82) is 0 Å². The highest BCUT2D eigenvalue weighted by Crippen LogP contribution is 2.18. The van der Waals surface area contributed by atoms with Crippen LogP contribution >= 0.6 is 0 Å². The maximum Gasteiger partial charge on any atom is 0.495 e. The molecule has 25 heavy (non-hydrogen) atoms. The van der Waals surface area contributed by atoms with E-state index in [4.69, 9.17) is 14.1 Å². The zero-order valence-electron chi connectivity index (χ0n) is 14.7. The number of carbonyl (C=O) groups is 2. The topological polar surface area (TPSA) is 103 Å². The lowest BCUT2D eigenvalue weighted by atomic mass is 9.79. The molecule has 1 aliphatic rings. The Morgan fingerprint density at radius 3 is 2.76 bits per heavy atom. The van der Waals surface area contributed by atoms with Gasteiger partial charge in [0, 0.05) is 5.46 Å². The predicted molar refractivity (Wildman–Crippen MR) is 89.5 cm³/mol. The van der Waals surface area contributed by atoms with Gasteiger partial charge in [-0.25, -0.2) is 9.59 Å². The predicted octanol–water partition coefficient (Wildman–Crippen LogP) is 0.349. The van der Waals surface area contributed by atoms with Crippen LogP contribution in [0.25, 0.3) is 0 Å². The molecule has 0 fully saturated rings. The van der Waals surface area contributed by atoms with Crippen LogP contribution in [-0.4, -0.2) is 49.6 Å². The van der Waals surface area contributed by atoms with E-state index in [1.54, 1.807) is 32.9 Å². The second kappa shape index (κ2) is 7.75. The van der Waals surface area contributed by atoms with Gasteiger partial charge in [-0.2, -0.15) is 0 Å². The van der Waals surface area contributed by atoms with Crippen molar-refractivity contribution in [2.24, 2.45) is 0 Å². The van der Waals surface area contributed by atoms with Crippen molar-refractivity contribution in [3.63, 3.8) is 0 Å². The molecule has 8 nitrogen and oxygen atoms in total. The van der Waals surface area contributed by atoms with Crippen LogP contribution in [0.2, 0.25) is 0 Å². The number of hydrogen-bond donors (Lipinski definition) is 2. The molecule has 1 aromatic rings. The average Bonchev–Trinajstić information content (AvgIpc) is 2.91. The van der Waals surface area contributed by atoms with Gasteiger partial charge in [-0.1, -0.05) is 12.1 Å². The number of nitrogens with one attached hydrogen (secondary N) is 1. The number of hydrogen-bond acceptors (Lipinski definition) is 7. The third kappa shape index (κ3) is 5.11. The van der Waals surface area contributed by atoms with Gasteiger partial charge < -0.3 is 29.2 Å². The first kappa shape index (κ1) is 19.1. The van der Waals surface area contributed by atoms with Crippen molar-refractivity contribution in [3.8, 4) is 5.75 Å².